The summed E-state index contributed by atoms with van der Waals surface area (Å²) in [4.78, 5) is 11.5. The number of hydrogen-bond acceptors (Lipinski definition) is 13. The van der Waals surface area contributed by atoms with Crippen molar-refractivity contribution in [3.8, 4) is 23.0 Å². The number of nitrogens with two attached hydrogens (primary N) is 1. The van der Waals surface area contributed by atoms with E-state index < -0.39 is 43.7 Å². The van der Waals surface area contributed by atoms with Crippen molar-refractivity contribution >= 4 is 35.4 Å². The molecule has 13 nitrogen and oxygen atoms in total. The van der Waals surface area contributed by atoms with Gasteiger partial charge in [-0.25, -0.2) is 28.3 Å². The molecule has 4 aromatic rings. The van der Waals surface area contributed by atoms with Gasteiger partial charge in [-0.15, -0.1) is 0 Å². The number of nitrogen functional groups attached to an aromatic ring is 1. The van der Waals surface area contributed by atoms with Crippen LogP contribution in [-0.4, -0.2) is 69.5 Å². The number of alkyl halides is 4. The number of halogens is 4. The Balaban J connectivity index is 1.44. The van der Waals surface area contributed by atoms with Gasteiger partial charge in [-0.3, -0.25) is 9.09 Å². The van der Waals surface area contributed by atoms with Gasteiger partial charge in [0.25, 0.3) is 6.43 Å². The smallest absolute Gasteiger partial charge is 0.478 e. The number of fused-ring (bicyclic) bond motifs is 1. The maximum Gasteiger partial charge on any atom is 0.478 e. The molecule has 44 heavy (non-hydrogen) atoms. The summed E-state index contributed by atoms with van der Waals surface area (Å²) in [6, 6.07) is 11.4. The quantitative estimate of drug-likeness (QED) is 0.120. The summed E-state index contributed by atoms with van der Waals surface area (Å²) >= 11 is 0.0771. The van der Waals surface area contributed by atoms with E-state index in [2.05, 4.69) is 15.0 Å². The molecule has 0 spiro atoms. The molecule has 0 bridgehead atoms. The van der Waals surface area contributed by atoms with E-state index in [-0.39, 0.29) is 40.1 Å². The normalized spacial score (nSPS) is 22.5. The van der Waals surface area contributed by atoms with Crippen molar-refractivity contribution in [3.05, 3.63) is 61.2 Å². The van der Waals surface area contributed by atoms with Gasteiger partial charge < -0.3 is 33.8 Å². The third kappa shape index (κ3) is 5.82. The van der Waals surface area contributed by atoms with Crippen LogP contribution in [0.1, 0.15) is 6.23 Å². The van der Waals surface area contributed by atoms with Crippen LogP contribution in [-0.2, 0) is 13.8 Å². The van der Waals surface area contributed by atoms with Crippen LogP contribution in [0.15, 0.2) is 61.2 Å². The van der Waals surface area contributed by atoms with E-state index in [4.69, 9.17) is 33.2 Å². The lowest BCUT2D eigenvalue weighted by Gasteiger charge is -2.33. The van der Waals surface area contributed by atoms with Gasteiger partial charge in [0.15, 0.2) is 35.5 Å². The monoisotopic (exact) mass is 661 g/mol. The first-order valence-electron chi connectivity index (χ1n) is 12.5. The molecular formula is C25H24F4N5O8PS. The number of methoxy groups -OCH3 is 2. The fourth-order valence-electron chi connectivity index (χ4n) is 4.17. The lowest BCUT2D eigenvalue weighted by molar-refractivity contribution is -0.241. The van der Waals surface area contributed by atoms with E-state index in [1.54, 1.807) is 0 Å². The predicted molar refractivity (Wildman–Crippen MR) is 148 cm³/mol. The number of rotatable bonds is 12. The number of benzene rings is 2. The van der Waals surface area contributed by atoms with E-state index in [1.165, 1.54) is 62.8 Å². The second-order valence-electron chi connectivity index (χ2n) is 9.17. The number of ether oxygens (including phenoxy) is 3. The van der Waals surface area contributed by atoms with Crippen molar-refractivity contribution in [1.82, 2.24) is 19.5 Å². The van der Waals surface area contributed by atoms with E-state index in [0.717, 1.165) is 17.2 Å². The fourth-order valence-corrected chi connectivity index (χ4v) is 6.48. The summed E-state index contributed by atoms with van der Waals surface area (Å²) in [6.45, 7) is -6.45. The van der Waals surface area contributed by atoms with Gasteiger partial charge >= 0.3 is 12.7 Å². The molecule has 1 unspecified atom stereocenters. The van der Waals surface area contributed by atoms with Crippen molar-refractivity contribution in [3.63, 3.8) is 0 Å². The predicted octanol–water partition coefficient (Wildman–Crippen LogP) is 4.89. The highest BCUT2D eigenvalue weighted by atomic mass is 32.7. The molecule has 0 radical (unpaired) electrons. The van der Waals surface area contributed by atoms with Crippen LogP contribution >= 0.6 is 18.5 Å². The topological polar surface area (TPSA) is 162 Å². The highest BCUT2D eigenvalue weighted by Crippen LogP contribution is 2.62. The second-order valence-corrected chi connectivity index (χ2v) is 12.6. The standard InChI is InChI=1S/C25H24F4N5O8PS/c1-37-14-3-7-16(8-4-14)41-43(36,44-42-17-9-5-15(38-2)6-10-17)39-11-24(23(26)27)25(28,29)19(35)22(40-24)34-13-33-18-20(30)31-12-32-21(18)34/h3-10,12-13,19,22-23,35H,11H2,1-2H3,(H2,30,31,32)/t19-,22+,24-,43?/m0/s1. The molecule has 4 atom stereocenters. The van der Waals surface area contributed by atoms with Crippen LogP contribution in [0.2, 0.25) is 0 Å². The van der Waals surface area contributed by atoms with E-state index in [0.29, 0.717) is 11.5 Å². The van der Waals surface area contributed by atoms with Gasteiger partial charge in [-0.05, 0) is 48.5 Å². The minimum atomic E-state index is -4.75. The fraction of sp³-hybridized carbons (Fsp3) is 0.320. The summed E-state index contributed by atoms with van der Waals surface area (Å²) in [5, 5.41) is 10.6. The zero-order chi connectivity index (χ0) is 31.7. The van der Waals surface area contributed by atoms with E-state index in [9.17, 15) is 18.5 Å². The van der Waals surface area contributed by atoms with Crippen molar-refractivity contribution in [2.24, 2.45) is 0 Å². The first-order valence-corrected chi connectivity index (χ1v) is 15.4. The van der Waals surface area contributed by atoms with Gasteiger partial charge in [0, 0.05) is 0 Å². The number of nitrogens with zero attached hydrogens (tertiary/aromatic N) is 4. The van der Waals surface area contributed by atoms with E-state index in [1.807, 2.05) is 0 Å². The Kier molecular flexibility index (Phi) is 8.82. The van der Waals surface area contributed by atoms with Crippen molar-refractivity contribution in [2.45, 2.75) is 30.3 Å². The van der Waals surface area contributed by atoms with Gasteiger partial charge in [0.1, 0.15) is 34.8 Å². The average Bonchev–Trinajstić information content (AvgIpc) is 3.53. The highest BCUT2D eigenvalue weighted by Gasteiger charge is 2.74. The summed E-state index contributed by atoms with van der Waals surface area (Å²) in [5.41, 5.74) is 1.71. The molecule has 0 amide bonds. The molecule has 236 valence electrons. The number of aromatic nitrogens is 4. The third-order valence-corrected chi connectivity index (χ3v) is 9.19. The van der Waals surface area contributed by atoms with Gasteiger partial charge in [-0.1, -0.05) is 0 Å². The lowest BCUT2D eigenvalue weighted by atomic mass is 9.95. The molecule has 2 aromatic carbocycles. The van der Waals surface area contributed by atoms with Crippen LogP contribution in [0.3, 0.4) is 0 Å². The summed E-state index contributed by atoms with van der Waals surface area (Å²) < 4.78 is 107. The Morgan fingerprint density at radius 1 is 1.02 bits per heavy atom. The Morgan fingerprint density at radius 3 is 2.20 bits per heavy atom. The van der Waals surface area contributed by atoms with Gasteiger partial charge in [0.05, 0.1) is 27.2 Å². The van der Waals surface area contributed by atoms with Crippen LogP contribution in [0, 0.1) is 0 Å². The van der Waals surface area contributed by atoms with Crippen LogP contribution in [0.4, 0.5) is 23.4 Å². The molecular weight excluding hydrogens is 637 g/mol. The third-order valence-electron chi connectivity index (χ3n) is 6.55. The summed E-state index contributed by atoms with van der Waals surface area (Å²) in [5.74, 6) is -3.87. The zero-order valence-corrected chi connectivity index (χ0v) is 24.5. The molecule has 3 heterocycles. The lowest BCUT2D eigenvalue weighted by Crippen LogP contribution is -2.57. The molecule has 1 saturated heterocycles. The molecule has 0 saturated carbocycles. The molecule has 5 rings (SSSR count). The first-order chi connectivity index (χ1) is 20.9. The number of hydrogen-bond donors (Lipinski definition) is 2. The zero-order valence-electron chi connectivity index (χ0n) is 22.8. The highest BCUT2D eigenvalue weighted by molar-refractivity contribution is 8.52. The first kappa shape index (κ1) is 31.6. The second kappa shape index (κ2) is 12.3. The van der Waals surface area contributed by atoms with Crippen LogP contribution in [0.25, 0.3) is 11.2 Å². The molecule has 3 N–H and O–H groups in total. The van der Waals surface area contributed by atoms with Crippen LogP contribution in [0.5, 0.6) is 23.0 Å². The number of aliphatic hydroxyl groups excluding tert-OH is 1. The van der Waals surface area contributed by atoms with Crippen molar-refractivity contribution < 1.29 is 54.7 Å². The number of aliphatic hydroxyl groups is 1. The molecule has 1 aliphatic rings. The minimum absolute atomic E-state index is 0.0399. The summed E-state index contributed by atoms with van der Waals surface area (Å²) in [7, 11) is 2.85. The Labute approximate surface area is 250 Å². The van der Waals surface area contributed by atoms with Crippen molar-refractivity contribution in [1.29, 1.82) is 0 Å². The molecule has 1 fully saturated rings. The Bertz CT molecular complexity index is 1650. The minimum Gasteiger partial charge on any atom is -0.497 e. The molecule has 2 aromatic heterocycles. The van der Waals surface area contributed by atoms with Crippen LogP contribution < -0.4 is 23.9 Å². The Morgan fingerprint density at radius 2 is 1.61 bits per heavy atom. The number of anilines is 1. The number of imidazole rings is 1. The van der Waals surface area contributed by atoms with Crippen molar-refractivity contribution in [2.75, 3.05) is 26.6 Å². The Hall–Kier alpha value is -3.83. The summed E-state index contributed by atoms with van der Waals surface area (Å²) in [6.07, 6.45) is -7.02. The average molecular weight is 662 g/mol. The van der Waals surface area contributed by atoms with Gasteiger partial charge in [0.2, 0.25) is 5.60 Å². The molecule has 0 aliphatic carbocycles. The maximum absolute atomic E-state index is 15.6. The van der Waals surface area contributed by atoms with Gasteiger partial charge in [-0.2, -0.15) is 8.78 Å². The van der Waals surface area contributed by atoms with E-state index >= 15 is 8.78 Å². The molecule has 19 heteroatoms. The molecule has 1 aliphatic heterocycles. The maximum atomic E-state index is 15.6. The largest absolute Gasteiger partial charge is 0.497 e. The SMILES string of the molecule is COc1ccc(OSP(=O)(OC[C@@]2(C(F)F)O[C@@H](n3cnc4c(N)ncnc43)[C@H](O)C2(F)F)Oc2ccc(OC)cc2)cc1.